The molecule has 1 saturated heterocycles. The Morgan fingerprint density at radius 2 is 2.53 bits per heavy atom. The number of nitro groups is 1. The van der Waals surface area contributed by atoms with Gasteiger partial charge in [-0.05, 0) is 18.3 Å². The molecule has 17 heavy (non-hydrogen) atoms. The quantitative estimate of drug-likeness (QED) is 0.500. The van der Waals surface area contributed by atoms with Crippen LogP contribution in [0.15, 0.2) is 12.1 Å². The second-order valence-electron chi connectivity index (χ2n) is 3.40. The van der Waals surface area contributed by atoms with Crippen LogP contribution in [0.1, 0.15) is 11.1 Å². The summed E-state index contributed by atoms with van der Waals surface area (Å²) in [4.78, 5) is 12.9. The van der Waals surface area contributed by atoms with E-state index in [4.69, 9.17) is 17.0 Å². The molecule has 0 aliphatic carbocycles. The van der Waals surface area contributed by atoms with Crippen LogP contribution in [-0.4, -0.2) is 35.1 Å². The maximum atomic E-state index is 10.6. The number of ether oxygens (including phenoxy) is 1. The van der Waals surface area contributed by atoms with Crippen molar-refractivity contribution in [2.75, 3.05) is 20.2 Å². The van der Waals surface area contributed by atoms with E-state index in [1.807, 2.05) is 4.90 Å². The molecule has 1 N–H and O–H groups in total. The van der Waals surface area contributed by atoms with Crippen LogP contribution in [0, 0.1) is 10.1 Å². The molecule has 1 fully saturated rings. The third kappa shape index (κ3) is 2.38. The summed E-state index contributed by atoms with van der Waals surface area (Å²) in [6.45, 7) is 1.26. The van der Waals surface area contributed by atoms with Gasteiger partial charge in [0.05, 0.1) is 16.4 Å². The fourth-order valence-corrected chi connectivity index (χ4v) is 2.70. The Kier molecular flexibility index (Phi) is 3.55. The SMILES string of the molecule is CNC(=S)N1CCO[C@@H]1c1ccc([N+](=O)[O-])s1. The fraction of sp³-hybridized carbons (Fsp3) is 0.444. The fourth-order valence-electron chi connectivity index (χ4n) is 1.63. The zero-order valence-corrected chi connectivity index (χ0v) is 10.7. The predicted octanol–water partition coefficient (Wildman–Crippen LogP) is 1.49. The van der Waals surface area contributed by atoms with Crippen LogP contribution >= 0.6 is 23.6 Å². The first-order valence-corrected chi connectivity index (χ1v) is 6.20. The summed E-state index contributed by atoms with van der Waals surface area (Å²) < 4.78 is 5.55. The summed E-state index contributed by atoms with van der Waals surface area (Å²) in [7, 11) is 1.74. The van der Waals surface area contributed by atoms with Crippen LogP contribution in [-0.2, 0) is 4.74 Å². The minimum Gasteiger partial charge on any atom is -0.366 e. The van der Waals surface area contributed by atoms with Gasteiger partial charge in [-0.3, -0.25) is 10.1 Å². The van der Waals surface area contributed by atoms with E-state index in [-0.39, 0.29) is 11.2 Å². The van der Waals surface area contributed by atoms with Crippen molar-refractivity contribution in [1.29, 1.82) is 0 Å². The zero-order chi connectivity index (χ0) is 12.4. The summed E-state index contributed by atoms with van der Waals surface area (Å²) >= 11 is 6.27. The molecular weight excluding hydrogens is 262 g/mol. The summed E-state index contributed by atoms with van der Waals surface area (Å²) in [5.41, 5.74) is 0. The van der Waals surface area contributed by atoms with Crippen LogP contribution in [0.2, 0.25) is 0 Å². The van der Waals surface area contributed by atoms with E-state index in [1.54, 1.807) is 13.1 Å². The Hall–Kier alpha value is -1.25. The van der Waals surface area contributed by atoms with Crippen LogP contribution in [0.4, 0.5) is 5.00 Å². The van der Waals surface area contributed by atoms with Crippen molar-refractivity contribution >= 4 is 33.7 Å². The number of thiophene rings is 1. The normalized spacial score (nSPS) is 19.4. The predicted molar refractivity (Wildman–Crippen MR) is 68.0 cm³/mol. The molecule has 0 bridgehead atoms. The van der Waals surface area contributed by atoms with Gasteiger partial charge in [-0.25, -0.2) is 0 Å². The molecule has 1 aromatic rings. The first-order valence-electron chi connectivity index (χ1n) is 4.97. The second kappa shape index (κ2) is 4.94. The summed E-state index contributed by atoms with van der Waals surface area (Å²) in [6, 6.07) is 3.20. The van der Waals surface area contributed by atoms with Gasteiger partial charge in [0.25, 0.3) is 0 Å². The molecule has 0 aromatic carbocycles. The van der Waals surface area contributed by atoms with E-state index in [0.717, 1.165) is 16.2 Å². The first kappa shape index (κ1) is 12.2. The van der Waals surface area contributed by atoms with E-state index < -0.39 is 4.92 Å². The van der Waals surface area contributed by atoms with E-state index in [1.165, 1.54) is 6.07 Å². The number of thiocarbonyl (C=S) groups is 1. The van der Waals surface area contributed by atoms with Crippen molar-refractivity contribution in [3.8, 4) is 0 Å². The van der Waals surface area contributed by atoms with Gasteiger partial charge in [0.2, 0.25) is 0 Å². The van der Waals surface area contributed by atoms with Crippen LogP contribution in [0.25, 0.3) is 0 Å². The lowest BCUT2D eigenvalue weighted by Crippen LogP contribution is -2.37. The molecule has 2 heterocycles. The molecule has 1 aliphatic rings. The molecule has 0 spiro atoms. The molecule has 92 valence electrons. The Labute approximate surface area is 107 Å². The molecule has 1 aliphatic heterocycles. The minimum absolute atomic E-state index is 0.117. The monoisotopic (exact) mass is 273 g/mol. The van der Waals surface area contributed by atoms with Crippen molar-refractivity contribution < 1.29 is 9.66 Å². The molecule has 0 radical (unpaired) electrons. The Balaban J connectivity index is 2.20. The largest absolute Gasteiger partial charge is 0.366 e. The van der Waals surface area contributed by atoms with Gasteiger partial charge in [-0.1, -0.05) is 11.3 Å². The lowest BCUT2D eigenvalue weighted by atomic mass is 10.4. The maximum Gasteiger partial charge on any atom is 0.324 e. The van der Waals surface area contributed by atoms with Gasteiger partial charge in [0.1, 0.15) is 0 Å². The van der Waals surface area contributed by atoms with Crippen LogP contribution < -0.4 is 5.32 Å². The van der Waals surface area contributed by atoms with Gasteiger partial charge >= 0.3 is 5.00 Å². The number of rotatable bonds is 2. The standard InChI is InChI=1S/C9H11N3O3S2/c1-10-9(16)11-4-5-15-8(11)6-2-3-7(17-6)12(13)14/h2-3,8H,4-5H2,1H3,(H,10,16)/t8-/m1/s1. The van der Waals surface area contributed by atoms with Crippen LogP contribution in [0.5, 0.6) is 0 Å². The molecule has 0 amide bonds. The Morgan fingerprint density at radius 3 is 3.12 bits per heavy atom. The average Bonchev–Trinajstić information content (AvgIpc) is 2.95. The van der Waals surface area contributed by atoms with Crippen molar-refractivity contribution in [2.45, 2.75) is 6.23 Å². The topological polar surface area (TPSA) is 67.6 Å². The van der Waals surface area contributed by atoms with Crippen molar-refractivity contribution in [2.24, 2.45) is 0 Å². The first-order chi connectivity index (χ1) is 8.13. The highest BCUT2D eigenvalue weighted by molar-refractivity contribution is 7.80. The molecule has 1 aromatic heterocycles. The lowest BCUT2D eigenvalue weighted by Gasteiger charge is -2.23. The van der Waals surface area contributed by atoms with E-state index in [2.05, 4.69) is 5.32 Å². The van der Waals surface area contributed by atoms with E-state index in [9.17, 15) is 10.1 Å². The third-order valence-corrected chi connectivity index (χ3v) is 3.91. The van der Waals surface area contributed by atoms with Crippen molar-refractivity contribution in [3.63, 3.8) is 0 Å². The molecule has 0 unspecified atom stereocenters. The highest BCUT2D eigenvalue weighted by atomic mass is 32.1. The van der Waals surface area contributed by atoms with Gasteiger partial charge < -0.3 is 15.0 Å². The van der Waals surface area contributed by atoms with Gasteiger partial charge in [0.15, 0.2) is 11.3 Å². The molecule has 8 heteroatoms. The van der Waals surface area contributed by atoms with E-state index in [0.29, 0.717) is 18.3 Å². The number of hydrogen-bond acceptors (Lipinski definition) is 5. The van der Waals surface area contributed by atoms with Gasteiger partial charge in [0, 0.05) is 19.7 Å². The Bertz CT molecular complexity index is 448. The Morgan fingerprint density at radius 1 is 1.76 bits per heavy atom. The van der Waals surface area contributed by atoms with Gasteiger partial charge in [-0.15, -0.1) is 0 Å². The summed E-state index contributed by atoms with van der Waals surface area (Å²) in [6.07, 6.45) is -0.311. The zero-order valence-electron chi connectivity index (χ0n) is 9.08. The highest BCUT2D eigenvalue weighted by Crippen LogP contribution is 2.34. The van der Waals surface area contributed by atoms with E-state index >= 15 is 0 Å². The molecule has 1 atom stereocenters. The van der Waals surface area contributed by atoms with Crippen molar-refractivity contribution in [1.82, 2.24) is 10.2 Å². The van der Waals surface area contributed by atoms with Crippen molar-refractivity contribution in [3.05, 3.63) is 27.1 Å². The van der Waals surface area contributed by atoms with Gasteiger partial charge in [-0.2, -0.15) is 0 Å². The van der Waals surface area contributed by atoms with Crippen LogP contribution in [0.3, 0.4) is 0 Å². The molecular formula is C9H11N3O3S2. The maximum absolute atomic E-state index is 10.6. The average molecular weight is 273 g/mol. The molecule has 6 nitrogen and oxygen atoms in total. The summed E-state index contributed by atoms with van der Waals surface area (Å²) in [5.74, 6) is 0. The number of nitrogens with zero attached hydrogens (tertiary/aromatic N) is 2. The summed E-state index contributed by atoms with van der Waals surface area (Å²) in [5, 5.41) is 14.2. The minimum atomic E-state index is -0.399. The number of hydrogen-bond donors (Lipinski definition) is 1. The lowest BCUT2D eigenvalue weighted by molar-refractivity contribution is -0.380. The smallest absolute Gasteiger partial charge is 0.324 e. The second-order valence-corrected chi connectivity index (χ2v) is 4.89. The molecule has 0 saturated carbocycles. The number of nitrogens with one attached hydrogen (secondary N) is 1. The third-order valence-electron chi connectivity index (χ3n) is 2.40. The highest BCUT2D eigenvalue weighted by Gasteiger charge is 2.30. The molecule has 2 rings (SSSR count).